The van der Waals surface area contributed by atoms with E-state index >= 15 is 0 Å². The minimum Gasteiger partial charge on any atom is -0.449 e. The van der Waals surface area contributed by atoms with Crippen LogP contribution >= 0.6 is 0 Å². The van der Waals surface area contributed by atoms with Gasteiger partial charge < -0.3 is 67.1 Å². The fraction of sp³-hybridized carbons (Fsp3) is 0.519. The maximum atomic E-state index is 12.6. The summed E-state index contributed by atoms with van der Waals surface area (Å²) in [5, 5.41) is 2.81. The van der Waals surface area contributed by atoms with Crippen LogP contribution in [-0.2, 0) is 56.8 Å². The first-order chi connectivity index (χ1) is 34.6. The zero-order valence-corrected chi connectivity index (χ0v) is 40.7. The van der Waals surface area contributed by atoms with Crippen molar-refractivity contribution in [2.75, 3.05) is 165 Å². The van der Waals surface area contributed by atoms with E-state index in [0.29, 0.717) is 165 Å². The number of carbonyl (C=O) groups excluding carboxylic acids is 2. The number of amides is 2. The molecule has 0 heterocycles. The summed E-state index contributed by atoms with van der Waals surface area (Å²) in [6, 6.07) is 33.1. The van der Waals surface area contributed by atoms with Crippen LogP contribution in [0.5, 0.6) is 0 Å². The SMILES string of the molecule is CN(CCOCCOCCOCCOCCOCCOCCOCCOCCOCCOCCCNC(=O)OCC1c2ccccc2-c2ccccc21)C(=O)OCC1c2ccccc2-c2ccccc21. The van der Waals surface area contributed by atoms with Crippen molar-refractivity contribution >= 4 is 12.2 Å². The lowest BCUT2D eigenvalue weighted by atomic mass is 9.98. The highest BCUT2D eigenvalue weighted by Crippen LogP contribution is 2.45. The van der Waals surface area contributed by atoms with E-state index in [9.17, 15) is 9.59 Å². The van der Waals surface area contributed by atoms with Gasteiger partial charge in [0.05, 0.1) is 126 Å². The van der Waals surface area contributed by atoms with Crippen molar-refractivity contribution in [3.8, 4) is 22.3 Å². The molecule has 16 nitrogen and oxygen atoms in total. The molecule has 0 bridgehead atoms. The van der Waals surface area contributed by atoms with Crippen LogP contribution in [0.25, 0.3) is 22.3 Å². The standard InChI is InChI=1S/C54H72N2O14/c1-56(54(58)70-42-52-49-17-8-4-13-45(49)46-14-5-9-18-50(46)52)20-22-60-24-26-62-28-30-64-32-34-66-36-38-68-40-39-67-37-35-65-33-31-63-29-27-61-25-23-59-21-10-19-55-53(57)69-41-51-47-15-6-2-11-43(47)44-12-3-7-16-48(44)51/h2-9,11-18,51-52H,10,19-42H2,1H3,(H,55,57). The zero-order chi connectivity index (χ0) is 48.7. The highest BCUT2D eigenvalue weighted by molar-refractivity contribution is 5.80. The summed E-state index contributed by atoms with van der Waals surface area (Å²) in [5.41, 5.74) is 9.58. The van der Waals surface area contributed by atoms with Crippen molar-refractivity contribution in [1.82, 2.24) is 10.2 Å². The molecule has 0 aliphatic heterocycles. The smallest absolute Gasteiger partial charge is 0.409 e. The Morgan fingerprint density at radius 3 is 1.03 bits per heavy atom. The second kappa shape index (κ2) is 32.8. The molecule has 382 valence electrons. The zero-order valence-electron chi connectivity index (χ0n) is 40.7. The summed E-state index contributed by atoms with van der Waals surface area (Å²) in [7, 11) is 1.71. The van der Waals surface area contributed by atoms with Gasteiger partial charge in [-0.05, 0) is 50.9 Å². The van der Waals surface area contributed by atoms with Crippen molar-refractivity contribution in [1.29, 1.82) is 0 Å². The molecule has 0 atom stereocenters. The first-order valence-electron chi connectivity index (χ1n) is 24.5. The monoisotopic (exact) mass is 972 g/mol. The van der Waals surface area contributed by atoms with Crippen LogP contribution in [0.15, 0.2) is 97.1 Å². The Morgan fingerprint density at radius 1 is 0.400 bits per heavy atom. The van der Waals surface area contributed by atoms with E-state index in [1.165, 1.54) is 49.4 Å². The number of fused-ring (bicyclic) bond motifs is 6. The quantitative estimate of drug-likeness (QED) is 0.0459. The molecule has 0 aromatic heterocycles. The fourth-order valence-electron chi connectivity index (χ4n) is 8.09. The lowest BCUT2D eigenvalue weighted by Gasteiger charge is -2.19. The molecule has 0 unspecified atom stereocenters. The number of nitrogens with zero attached hydrogens (tertiary/aromatic N) is 1. The molecule has 2 aliphatic rings. The van der Waals surface area contributed by atoms with E-state index in [2.05, 4.69) is 53.8 Å². The third kappa shape index (κ3) is 18.6. The van der Waals surface area contributed by atoms with Crippen molar-refractivity contribution in [3.63, 3.8) is 0 Å². The minimum atomic E-state index is -0.420. The largest absolute Gasteiger partial charge is 0.449 e. The van der Waals surface area contributed by atoms with Crippen LogP contribution in [-0.4, -0.2) is 183 Å². The highest BCUT2D eigenvalue weighted by atomic mass is 16.6. The molecule has 0 spiro atoms. The van der Waals surface area contributed by atoms with Crippen molar-refractivity contribution in [2.24, 2.45) is 0 Å². The fourth-order valence-corrected chi connectivity index (χ4v) is 8.09. The van der Waals surface area contributed by atoms with Crippen LogP contribution in [0.3, 0.4) is 0 Å². The first kappa shape index (κ1) is 54.4. The predicted molar refractivity (Wildman–Crippen MR) is 264 cm³/mol. The van der Waals surface area contributed by atoms with Gasteiger partial charge in [0.2, 0.25) is 0 Å². The van der Waals surface area contributed by atoms with Gasteiger partial charge in [0.25, 0.3) is 0 Å². The maximum absolute atomic E-state index is 12.6. The van der Waals surface area contributed by atoms with Gasteiger partial charge in [0, 0.05) is 38.6 Å². The summed E-state index contributed by atoms with van der Waals surface area (Å²) < 4.78 is 66.8. The number of hydrogen-bond acceptors (Lipinski definition) is 14. The molecule has 0 saturated carbocycles. The van der Waals surface area contributed by atoms with E-state index in [1.54, 1.807) is 7.05 Å². The molecule has 0 saturated heterocycles. The Kier molecular flexibility index (Phi) is 25.5. The number of ether oxygens (including phenoxy) is 12. The summed E-state index contributed by atoms with van der Waals surface area (Å²) >= 11 is 0. The molecular weight excluding hydrogens is 901 g/mol. The Bertz CT molecular complexity index is 2000. The number of rotatable bonds is 38. The topological polar surface area (TPSA) is 160 Å². The van der Waals surface area contributed by atoms with Crippen LogP contribution in [0, 0.1) is 0 Å². The number of alkyl carbamates (subject to hydrolysis) is 1. The second-order valence-corrected chi connectivity index (χ2v) is 16.5. The van der Waals surface area contributed by atoms with Crippen LogP contribution < -0.4 is 5.32 Å². The third-order valence-corrected chi connectivity index (χ3v) is 11.6. The van der Waals surface area contributed by atoms with Crippen LogP contribution in [0.1, 0.15) is 40.5 Å². The summed E-state index contributed by atoms with van der Waals surface area (Å²) in [5.74, 6) is 0.0749. The Labute approximate surface area is 413 Å². The van der Waals surface area contributed by atoms with Gasteiger partial charge >= 0.3 is 12.2 Å². The number of likely N-dealkylation sites (N-methyl/N-ethyl adjacent to an activating group) is 1. The van der Waals surface area contributed by atoms with Gasteiger partial charge in [0.1, 0.15) is 13.2 Å². The van der Waals surface area contributed by atoms with Gasteiger partial charge in [-0.15, -0.1) is 0 Å². The molecule has 0 radical (unpaired) electrons. The van der Waals surface area contributed by atoms with E-state index in [4.69, 9.17) is 56.8 Å². The van der Waals surface area contributed by atoms with E-state index in [-0.39, 0.29) is 17.9 Å². The third-order valence-electron chi connectivity index (χ3n) is 11.6. The van der Waals surface area contributed by atoms with E-state index in [0.717, 1.165) is 0 Å². The summed E-state index contributed by atoms with van der Waals surface area (Å²) in [6.45, 7) is 10.8. The molecule has 1 N–H and O–H groups in total. The predicted octanol–water partition coefficient (Wildman–Crippen LogP) is 6.96. The van der Waals surface area contributed by atoms with E-state index in [1.807, 2.05) is 48.5 Å². The van der Waals surface area contributed by atoms with E-state index < -0.39 is 6.09 Å². The highest BCUT2D eigenvalue weighted by Gasteiger charge is 2.30. The van der Waals surface area contributed by atoms with Crippen molar-refractivity contribution in [2.45, 2.75) is 18.3 Å². The van der Waals surface area contributed by atoms with Crippen LogP contribution in [0.2, 0.25) is 0 Å². The second-order valence-electron chi connectivity index (χ2n) is 16.5. The Balaban J connectivity index is 0.595. The number of benzene rings is 4. The lowest BCUT2D eigenvalue weighted by molar-refractivity contribution is -0.0265. The Morgan fingerprint density at radius 2 is 0.686 bits per heavy atom. The molecule has 70 heavy (non-hydrogen) atoms. The van der Waals surface area contributed by atoms with Gasteiger partial charge in [-0.3, -0.25) is 0 Å². The number of carbonyl (C=O) groups is 2. The summed E-state index contributed by atoms with van der Waals surface area (Å²) in [4.78, 5) is 26.5. The average Bonchev–Trinajstić information content (AvgIpc) is 3.89. The summed E-state index contributed by atoms with van der Waals surface area (Å²) in [6.07, 6.45) is -0.111. The van der Waals surface area contributed by atoms with Gasteiger partial charge in [-0.1, -0.05) is 97.1 Å². The van der Waals surface area contributed by atoms with Crippen molar-refractivity contribution < 1.29 is 66.4 Å². The van der Waals surface area contributed by atoms with Crippen LogP contribution in [0.4, 0.5) is 9.59 Å². The average molecular weight is 973 g/mol. The first-order valence-corrected chi connectivity index (χ1v) is 24.5. The lowest BCUT2D eigenvalue weighted by Crippen LogP contribution is -2.32. The van der Waals surface area contributed by atoms with Gasteiger partial charge in [0.15, 0.2) is 0 Å². The molecule has 16 heteroatoms. The van der Waals surface area contributed by atoms with Gasteiger partial charge in [-0.25, -0.2) is 9.59 Å². The number of hydrogen-bond donors (Lipinski definition) is 1. The molecular formula is C54H72N2O14. The number of nitrogens with one attached hydrogen (secondary N) is 1. The molecule has 6 rings (SSSR count). The molecule has 2 aliphatic carbocycles. The maximum Gasteiger partial charge on any atom is 0.409 e. The van der Waals surface area contributed by atoms with Gasteiger partial charge in [-0.2, -0.15) is 0 Å². The molecule has 4 aromatic carbocycles. The van der Waals surface area contributed by atoms with Crippen molar-refractivity contribution in [3.05, 3.63) is 119 Å². The molecule has 4 aromatic rings. The normalized spacial score (nSPS) is 12.6. The molecule has 0 fully saturated rings. The Hall–Kier alpha value is -4.98. The molecule has 2 amide bonds. The minimum absolute atomic E-state index is 0.0319.